The molecule has 2 atom stereocenters. The van der Waals surface area contributed by atoms with Gasteiger partial charge < -0.3 is 20.4 Å². The number of carbonyl (C=O) groups is 2. The van der Waals surface area contributed by atoms with Crippen LogP contribution in [0.1, 0.15) is 11.1 Å². The first-order valence-corrected chi connectivity index (χ1v) is 11.0. The van der Waals surface area contributed by atoms with Crippen molar-refractivity contribution in [3.8, 4) is 0 Å². The van der Waals surface area contributed by atoms with E-state index in [1.54, 1.807) is 6.08 Å². The summed E-state index contributed by atoms with van der Waals surface area (Å²) in [5, 5.41) is 6.54. The number of benzene rings is 2. The summed E-state index contributed by atoms with van der Waals surface area (Å²) in [6, 6.07) is 16.4. The van der Waals surface area contributed by atoms with Gasteiger partial charge in [-0.05, 0) is 39.2 Å². The number of H-pyrrole nitrogens is 1. The van der Waals surface area contributed by atoms with Gasteiger partial charge in [-0.15, -0.1) is 0 Å². The monoisotopic (exact) mass is 498 g/mol. The van der Waals surface area contributed by atoms with Crippen LogP contribution in [-0.2, 0) is 27.4 Å². The largest absolute Gasteiger partial charge is 0.445 e. The molecular formula is C23H23BrN4O4. The zero-order valence-electron chi connectivity index (χ0n) is 17.1. The van der Waals surface area contributed by atoms with Gasteiger partial charge in [-0.3, -0.25) is 15.1 Å². The van der Waals surface area contributed by atoms with Crippen LogP contribution < -0.4 is 16.1 Å². The number of hydrogen-bond acceptors (Lipinski definition) is 5. The smallest absolute Gasteiger partial charge is 0.408 e. The van der Waals surface area contributed by atoms with E-state index < -0.39 is 12.1 Å². The van der Waals surface area contributed by atoms with Gasteiger partial charge in [0.1, 0.15) is 23.4 Å². The van der Waals surface area contributed by atoms with E-state index in [0.29, 0.717) is 11.0 Å². The van der Waals surface area contributed by atoms with Crippen LogP contribution in [0.25, 0.3) is 10.9 Å². The van der Waals surface area contributed by atoms with E-state index in [0.717, 1.165) is 22.0 Å². The third-order valence-electron chi connectivity index (χ3n) is 5.04. The van der Waals surface area contributed by atoms with Gasteiger partial charge in [0, 0.05) is 23.5 Å². The van der Waals surface area contributed by atoms with Gasteiger partial charge in [-0.1, -0.05) is 48.5 Å². The highest BCUT2D eigenvalue weighted by Gasteiger charge is 2.25. The van der Waals surface area contributed by atoms with Crippen molar-refractivity contribution in [2.45, 2.75) is 25.2 Å². The third kappa shape index (κ3) is 5.68. The van der Waals surface area contributed by atoms with Crippen LogP contribution in [0.5, 0.6) is 0 Å². The Hall–Kier alpha value is -3.30. The Morgan fingerprint density at radius 2 is 1.91 bits per heavy atom. The number of ether oxygens (including phenoxy) is 1. The van der Waals surface area contributed by atoms with Gasteiger partial charge in [-0.2, -0.15) is 0 Å². The lowest BCUT2D eigenvalue weighted by atomic mass is 10.0. The Bertz CT molecular complexity index is 1120. The van der Waals surface area contributed by atoms with Gasteiger partial charge >= 0.3 is 6.09 Å². The lowest BCUT2D eigenvalue weighted by Crippen LogP contribution is -2.49. The average molecular weight is 499 g/mol. The molecule has 3 aromatic rings. The van der Waals surface area contributed by atoms with Crippen molar-refractivity contribution in [2.24, 2.45) is 0 Å². The second-order valence-electron chi connectivity index (χ2n) is 7.34. The summed E-state index contributed by atoms with van der Waals surface area (Å²) in [5.74, 6) is -0.327. The topological polar surface area (TPSA) is 104 Å². The number of para-hydroxylation sites is 1. The summed E-state index contributed by atoms with van der Waals surface area (Å²) < 4.78 is 6.02. The van der Waals surface area contributed by atoms with Crippen LogP contribution >= 0.6 is 15.9 Å². The molecule has 1 aliphatic heterocycles. The minimum Gasteiger partial charge on any atom is -0.445 e. The molecule has 2 aromatic carbocycles. The maximum absolute atomic E-state index is 13.0. The van der Waals surface area contributed by atoms with Crippen LogP contribution in [0.2, 0.25) is 0 Å². The molecule has 4 N–H and O–H groups in total. The molecular weight excluding hydrogens is 476 g/mol. The quantitative estimate of drug-likeness (QED) is 0.357. The van der Waals surface area contributed by atoms with E-state index >= 15 is 0 Å². The predicted octanol–water partition coefficient (Wildman–Crippen LogP) is 3.26. The number of hydroxylamine groups is 1. The Balaban J connectivity index is 1.42. The summed E-state index contributed by atoms with van der Waals surface area (Å²) in [7, 11) is 0. The normalized spacial score (nSPS) is 16.2. The van der Waals surface area contributed by atoms with E-state index in [2.05, 4.69) is 37.0 Å². The number of amides is 2. The van der Waals surface area contributed by atoms with Gasteiger partial charge in [0.05, 0.1) is 6.54 Å². The van der Waals surface area contributed by atoms with E-state index in [1.165, 1.54) is 0 Å². The number of rotatable bonds is 8. The first-order chi connectivity index (χ1) is 15.6. The van der Waals surface area contributed by atoms with Crippen molar-refractivity contribution < 1.29 is 19.2 Å². The first-order valence-electron chi connectivity index (χ1n) is 10.2. The Morgan fingerprint density at radius 3 is 2.69 bits per heavy atom. The minimum atomic E-state index is -0.820. The van der Waals surface area contributed by atoms with Gasteiger partial charge in [0.15, 0.2) is 0 Å². The second kappa shape index (κ2) is 10.3. The second-order valence-corrected chi connectivity index (χ2v) is 8.19. The van der Waals surface area contributed by atoms with Crippen molar-refractivity contribution in [3.63, 3.8) is 0 Å². The van der Waals surface area contributed by atoms with E-state index in [9.17, 15) is 9.59 Å². The lowest BCUT2D eigenvalue weighted by Gasteiger charge is -2.19. The molecule has 0 radical (unpaired) electrons. The summed E-state index contributed by atoms with van der Waals surface area (Å²) in [5.41, 5.74) is 5.43. The molecule has 0 spiro atoms. The molecule has 9 heteroatoms. The number of carbonyl (C=O) groups excluding carboxylic acids is 2. The molecule has 1 aromatic heterocycles. The van der Waals surface area contributed by atoms with E-state index in [-0.39, 0.29) is 25.2 Å². The molecule has 2 unspecified atom stereocenters. The van der Waals surface area contributed by atoms with Crippen molar-refractivity contribution in [1.29, 1.82) is 0 Å². The minimum absolute atomic E-state index is 0.120. The van der Waals surface area contributed by atoms with Crippen LogP contribution in [0.15, 0.2) is 71.5 Å². The summed E-state index contributed by atoms with van der Waals surface area (Å²) in [6.07, 6.45) is 2.99. The van der Waals surface area contributed by atoms with E-state index in [1.807, 2.05) is 60.8 Å². The number of aromatic nitrogens is 1. The van der Waals surface area contributed by atoms with Crippen molar-refractivity contribution in [3.05, 3.63) is 82.6 Å². The molecule has 2 amide bonds. The highest BCUT2D eigenvalue weighted by Crippen LogP contribution is 2.19. The molecule has 166 valence electrons. The molecule has 4 rings (SSSR count). The molecule has 0 saturated carbocycles. The summed E-state index contributed by atoms with van der Waals surface area (Å²) in [6.45, 7) is 0.376. The molecule has 0 bridgehead atoms. The first kappa shape index (κ1) is 21.9. The SMILES string of the molecule is O=C(NC(Cc1c[nH]c2ccccc12)C(=O)NCC1C=C(Br)NO1)OCc1ccccc1. The fourth-order valence-corrected chi connectivity index (χ4v) is 3.81. The summed E-state index contributed by atoms with van der Waals surface area (Å²) in [4.78, 5) is 33.9. The Labute approximate surface area is 193 Å². The third-order valence-corrected chi connectivity index (χ3v) is 5.46. The van der Waals surface area contributed by atoms with Gasteiger partial charge in [-0.25, -0.2) is 4.79 Å². The molecule has 0 fully saturated rings. The lowest BCUT2D eigenvalue weighted by molar-refractivity contribution is -0.123. The highest BCUT2D eigenvalue weighted by atomic mass is 79.9. The highest BCUT2D eigenvalue weighted by molar-refractivity contribution is 9.11. The van der Waals surface area contributed by atoms with Crippen LogP contribution in [0.4, 0.5) is 4.79 Å². The molecule has 0 aliphatic carbocycles. The molecule has 32 heavy (non-hydrogen) atoms. The number of alkyl carbamates (subject to hydrolysis) is 1. The molecule has 8 nitrogen and oxygen atoms in total. The number of nitrogens with one attached hydrogen (secondary N) is 4. The zero-order valence-corrected chi connectivity index (χ0v) is 18.7. The zero-order chi connectivity index (χ0) is 22.3. The number of hydrogen-bond donors (Lipinski definition) is 4. The average Bonchev–Trinajstić information content (AvgIpc) is 3.42. The Morgan fingerprint density at radius 1 is 1.12 bits per heavy atom. The fourth-order valence-electron chi connectivity index (χ4n) is 3.42. The molecule has 2 heterocycles. The van der Waals surface area contributed by atoms with Crippen molar-refractivity contribution >= 4 is 38.8 Å². The number of aromatic amines is 1. The van der Waals surface area contributed by atoms with Crippen LogP contribution in [0, 0.1) is 0 Å². The van der Waals surface area contributed by atoms with Gasteiger partial charge in [0.25, 0.3) is 0 Å². The van der Waals surface area contributed by atoms with Crippen molar-refractivity contribution in [2.75, 3.05) is 6.54 Å². The summed E-state index contributed by atoms with van der Waals surface area (Å²) >= 11 is 3.28. The Kier molecular flexibility index (Phi) is 7.08. The van der Waals surface area contributed by atoms with Crippen molar-refractivity contribution in [1.82, 2.24) is 21.1 Å². The van der Waals surface area contributed by atoms with E-state index in [4.69, 9.17) is 9.57 Å². The van der Waals surface area contributed by atoms with Crippen LogP contribution in [0.3, 0.4) is 0 Å². The number of fused-ring (bicyclic) bond motifs is 1. The number of halogens is 1. The maximum atomic E-state index is 13.0. The standard InChI is InChI=1S/C23H23BrN4O4/c24-21-11-17(32-28-21)13-26-22(29)20(10-16-12-25-19-9-5-4-8-18(16)19)27-23(30)31-14-15-6-2-1-3-7-15/h1-9,11-12,17,20,25,28H,10,13-14H2,(H,26,29)(H,27,30). The predicted molar refractivity (Wildman–Crippen MR) is 124 cm³/mol. The fraction of sp³-hybridized carbons (Fsp3) is 0.217. The maximum Gasteiger partial charge on any atom is 0.408 e. The van der Waals surface area contributed by atoms with Crippen LogP contribution in [-0.4, -0.2) is 35.7 Å². The molecule has 0 saturated heterocycles. The van der Waals surface area contributed by atoms with Gasteiger partial charge in [0.2, 0.25) is 5.91 Å². The molecule has 1 aliphatic rings.